The molecule has 0 radical (unpaired) electrons. The van der Waals surface area contributed by atoms with Crippen LogP contribution in [0.15, 0.2) is 28.7 Å². The van der Waals surface area contributed by atoms with Gasteiger partial charge in [0.1, 0.15) is 16.9 Å². The minimum atomic E-state index is -0.266. The Balaban J connectivity index is 1.64. The van der Waals surface area contributed by atoms with Crippen LogP contribution in [-0.2, 0) is 9.53 Å². The normalized spacial score (nSPS) is 17.1. The number of benzene rings is 1. The van der Waals surface area contributed by atoms with Gasteiger partial charge in [0.15, 0.2) is 0 Å². The lowest BCUT2D eigenvalue weighted by Gasteiger charge is -2.07. The SMILES string of the molecule is CCOc1ccc(Br)cc1/C=C/C(=O)Nc1nnc([C@@H]2CCCO2)s1. The van der Waals surface area contributed by atoms with Crippen molar-refractivity contribution >= 4 is 44.4 Å². The molecule has 3 rings (SSSR count). The number of rotatable bonds is 6. The van der Waals surface area contributed by atoms with Gasteiger partial charge in [-0.1, -0.05) is 27.3 Å². The summed E-state index contributed by atoms with van der Waals surface area (Å²) in [5.41, 5.74) is 0.823. The quantitative estimate of drug-likeness (QED) is 0.704. The summed E-state index contributed by atoms with van der Waals surface area (Å²) >= 11 is 4.77. The maximum Gasteiger partial charge on any atom is 0.250 e. The number of carbonyl (C=O) groups excluding carboxylic acids is 1. The summed E-state index contributed by atoms with van der Waals surface area (Å²) in [6.45, 7) is 3.23. The second-order valence-corrected chi connectivity index (χ2v) is 7.31. The van der Waals surface area contributed by atoms with Gasteiger partial charge in [0.05, 0.1) is 6.61 Å². The van der Waals surface area contributed by atoms with Gasteiger partial charge in [0.25, 0.3) is 0 Å². The summed E-state index contributed by atoms with van der Waals surface area (Å²) in [6, 6.07) is 5.66. The largest absolute Gasteiger partial charge is 0.493 e. The van der Waals surface area contributed by atoms with Crippen LogP contribution in [0.25, 0.3) is 6.08 Å². The smallest absolute Gasteiger partial charge is 0.250 e. The molecule has 0 spiro atoms. The van der Waals surface area contributed by atoms with Crippen molar-refractivity contribution in [2.24, 2.45) is 0 Å². The number of carbonyl (C=O) groups is 1. The van der Waals surface area contributed by atoms with E-state index in [4.69, 9.17) is 9.47 Å². The molecule has 8 heteroatoms. The number of halogens is 1. The molecule has 2 heterocycles. The van der Waals surface area contributed by atoms with E-state index in [1.165, 1.54) is 17.4 Å². The van der Waals surface area contributed by atoms with Gasteiger partial charge in [-0.15, -0.1) is 10.2 Å². The second kappa shape index (κ2) is 8.55. The molecule has 1 atom stereocenters. The molecule has 6 nitrogen and oxygen atoms in total. The molecule has 1 aliphatic heterocycles. The predicted octanol–water partition coefficient (Wildman–Crippen LogP) is 4.20. The number of anilines is 1. The third-order valence-corrected chi connectivity index (χ3v) is 4.99. The highest BCUT2D eigenvalue weighted by molar-refractivity contribution is 9.10. The van der Waals surface area contributed by atoms with E-state index in [2.05, 4.69) is 31.4 Å². The number of aromatic nitrogens is 2. The van der Waals surface area contributed by atoms with Crippen LogP contribution < -0.4 is 10.1 Å². The molecule has 1 N–H and O–H groups in total. The van der Waals surface area contributed by atoms with Crippen molar-refractivity contribution in [3.8, 4) is 5.75 Å². The third kappa shape index (κ3) is 4.87. The highest BCUT2D eigenvalue weighted by Gasteiger charge is 2.22. The number of hydrogen-bond donors (Lipinski definition) is 1. The molecular formula is C17H18BrN3O3S. The van der Waals surface area contributed by atoms with Crippen molar-refractivity contribution in [1.82, 2.24) is 10.2 Å². The van der Waals surface area contributed by atoms with E-state index in [0.717, 1.165) is 40.2 Å². The Bertz CT molecular complexity index is 772. The van der Waals surface area contributed by atoms with Gasteiger partial charge >= 0.3 is 0 Å². The summed E-state index contributed by atoms with van der Waals surface area (Å²) in [5, 5.41) is 12.1. The fraction of sp³-hybridized carbons (Fsp3) is 0.353. The van der Waals surface area contributed by atoms with Crippen molar-refractivity contribution < 1.29 is 14.3 Å². The van der Waals surface area contributed by atoms with Crippen LogP contribution in [0.4, 0.5) is 5.13 Å². The van der Waals surface area contributed by atoms with Gasteiger partial charge in [-0.25, -0.2) is 0 Å². The Labute approximate surface area is 158 Å². The highest BCUT2D eigenvalue weighted by atomic mass is 79.9. The van der Waals surface area contributed by atoms with E-state index in [1.807, 2.05) is 25.1 Å². The summed E-state index contributed by atoms with van der Waals surface area (Å²) in [6.07, 6.45) is 5.16. The lowest BCUT2D eigenvalue weighted by molar-refractivity contribution is -0.111. The van der Waals surface area contributed by atoms with Gasteiger partial charge in [0, 0.05) is 22.7 Å². The zero-order valence-electron chi connectivity index (χ0n) is 13.7. The van der Waals surface area contributed by atoms with Crippen molar-refractivity contribution in [2.75, 3.05) is 18.5 Å². The van der Waals surface area contributed by atoms with Gasteiger partial charge in [-0.3, -0.25) is 10.1 Å². The third-order valence-electron chi connectivity index (χ3n) is 3.56. The molecule has 0 aliphatic carbocycles. The van der Waals surface area contributed by atoms with Crippen LogP contribution in [0, 0.1) is 0 Å². The molecule has 25 heavy (non-hydrogen) atoms. The zero-order valence-corrected chi connectivity index (χ0v) is 16.1. The number of ether oxygens (including phenoxy) is 2. The van der Waals surface area contributed by atoms with E-state index in [1.54, 1.807) is 6.08 Å². The first-order valence-corrected chi connectivity index (χ1v) is 9.63. The van der Waals surface area contributed by atoms with Gasteiger partial charge in [-0.2, -0.15) is 0 Å². The van der Waals surface area contributed by atoms with E-state index >= 15 is 0 Å². The molecule has 1 aliphatic rings. The average molecular weight is 424 g/mol. The monoisotopic (exact) mass is 423 g/mol. The van der Waals surface area contributed by atoms with Crippen LogP contribution in [0.1, 0.15) is 36.4 Å². The summed E-state index contributed by atoms with van der Waals surface area (Å²) in [4.78, 5) is 12.1. The predicted molar refractivity (Wildman–Crippen MR) is 101 cm³/mol. The first-order chi connectivity index (χ1) is 12.2. The lowest BCUT2D eigenvalue weighted by atomic mass is 10.2. The molecule has 1 amide bonds. The maximum absolute atomic E-state index is 12.1. The lowest BCUT2D eigenvalue weighted by Crippen LogP contribution is -2.07. The van der Waals surface area contributed by atoms with Crippen LogP contribution >= 0.6 is 27.3 Å². The number of nitrogens with one attached hydrogen (secondary N) is 1. The van der Waals surface area contributed by atoms with E-state index in [-0.39, 0.29) is 12.0 Å². The minimum absolute atomic E-state index is 0.00844. The van der Waals surface area contributed by atoms with E-state index < -0.39 is 0 Å². The van der Waals surface area contributed by atoms with E-state index in [0.29, 0.717) is 11.7 Å². The molecule has 0 bridgehead atoms. The molecule has 1 saturated heterocycles. The molecule has 1 aromatic carbocycles. The Kier molecular flexibility index (Phi) is 6.17. The average Bonchev–Trinajstić information content (AvgIpc) is 3.26. The number of hydrogen-bond acceptors (Lipinski definition) is 6. The molecule has 132 valence electrons. The Morgan fingerprint density at radius 1 is 1.52 bits per heavy atom. The topological polar surface area (TPSA) is 73.3 Å². The van der Waals surface area contributed by atoms with Crippen LogP contribution in [0.3, 0.4) is 0 Å². The molecule has 1 fully saturated rings. The van der Waals surface area contributed by atoms with Gasteiger partial charge in [-0.05, 0) is 44.0 Å². The second-order valence-electron chi connectivity index (χ2n) is 5.38. The maximum atomic E-state index is 12.1. The molecule has 1 aromatic heterocycles. The number of nitrogens with zero attached hydrogens (tertiary/aromatic N) is 2. The van der Waals surface area contributed by atoms with Crippen molar-refractivity contribution in [1.29, 1.82) is 0 Å². The highest BCUT2D eigenvalue weighted by Crippen LogP contribution is 2.32. The summed E-state index contributed by atoms with van der Waals surface area (Å²) in [5.74, 6) is 0.462. The Hall–Kier alpha value is -1.77. The van der Waals surface area contributed by atoms with Gasteiger partial charge in [0.2, 0.25) is 11.0 Å². The van der Waals surface area contributed by atoms with Crippen LogP contribution in [0.5, 0.6) is 5.75 Å². The van der Waals surface area contributed by atoms with Crippen LogP contribution in [-0.4, -0.2) is 29.3 Å². The minimum Gasteiger partial charge on any atom is -0.493 e. The fourth-order valence-corrected chi connectivity index (χ4v) is 3.65. The molecular weight excluding hydrogens is 406 g/mol. The Morgan fingerprint density at radius 3 is 3.16 bits per heavy atom. The first-order valence-electron chi connectivity index (χ1n) is 8.02. The molecule has 0 saturated carbocycles. The molecule has 0 unspecified atom stereocenters. The summed E-state index contributed by atoms with van der Waals surface area (Å²) in [7, 11) is 0. The fourth-order valence-electron chi connectivity index (χ4n) is 2.44. The summed E-state index contributed by atoms with van der Waals surface area (Å²) < 4.78 is 12.1. The van der Waals surface area contributed by atoms with Crippen molar-refractivity contribution in [3.05, 3.63) is 39.3 Å². The van der Waals surface area contributed by atoms with Crippen molar-refractivity contribution in [2.45, 2.75) is 25.9 Å². The molecule has 2 aromatic rings. The first kappa shape index (κ1) is 18.0. The Morgan fingerprint density at radius 2 is 2.40 bits per heavy atom. The van der Waals surface area contributed by atoms with E-state index in [9.17, 15) is 4.79 Å². The van der Waals surface area contributed by atoms with Crippen LogP contribution in [0.2, 0.25) is 0 Å². The number of amides is 1. The van der Waals surface area contributed by atoms with Crippen molar-refractivity contribution in [3.63, 3.8) is 0 Å². The van der Waals surface area contributed by atoms with Gasteiger partial charge < -0.3 is 9.47 Å². The zero-order chi connectivity index (χ0) is 17.6. The standard InChI is InChI=1S/C17H18BrN3O3S/c1-2-23-13-7-6-12(18)10-11(13)5-8-15(22)19-17-21-20-16(25-17)14-4-3-9-24-14/h5-8,10,14H,2-4,9H2,1H3,(H,19,21,22)/b8-5+/t14-/m0/s1.